The lowest BCUT2D eigenvalue weighted by Gasteiger charge is -2.36. The Morgan fingerprint density at radius 1 is 1.16 bits per heavy atom. The normalized spacial score (nSPS) is 30.0. The summed E-state index contributed by atoms with van der Waals surface area (Å²) in [5.74, 6) is 2.64. The zero-order chi connectivity index (χ0) is 17.4. The molecule has 3 aliphatic rings. The van der Waals surface area contributed by atoms with Gasteiger partial charge in [-0.15, -0.1) is 0 Å². The van der Waals surface area contributed by atoms with Crippen LogP contribution in [0.5, 0.6) is 0 Å². The third-order valence-corrected chi connectivity index (χ3v) is 6.19. The van der Waals surface area contributed by atoms with E-state index >= 15 is 0 Å². The zero-order valence-electron chi connectivity index (χ0n) is 15.5. The van der Waals surface area contributed by atoms with Crippen LogP contribution >= 0.6 is 0 Å². The quantitative estimate of drug-likeness (QED) is 0.902. The fraction of sp³-hybridized carbons (Fsp3) is 0.789. The maximum Gasteiger partial charge on any atom is 0.222 e. The molecule has 1 aromatic rings. The van der Waals surface area contributed by atoms with Crippen molar-refractivity contribution in [3.8, 4) is 0 Å². The van der Waals surface area contributed by atoms with Gasteiger partial charge in [-0.25, -0.2) is 4.98 Å². The number of nitrogens with zero attached hydrogens (tertiary/aromatic N) is 3. The largest absolute Gasteiger partial charge is 0.444 e. The van der Waals surface area contributed by atoms with Crippen LogP contribution in [-0.2, 0) is 11.3 Å². The molecule has 1 aromatic heterocycles. The van der Waals surface area contributed by atoms with Crippen molar-refractivity contribution in [2.24, 2.45) is 5.92 Å². The SMILES string of the molecule is Cc1nc(CN2CCN(C(=O)CC3CC4CCC(C3)N4)CC2)oc1C. The van der Waals surface area contributed by atoms with Gasteiger partial charge < -0.3 is 14.6 Å². The first-order valence-electron chi connectivity index (χ1n) is 9.76. The molecule has 138 valence electrons. The molecule has 3 aliphatic heterocycles. The lowest BCUT2D eigenvalue weighted by atomic mass is 9.89. The Hall–Kier alpha value is -1.40. The van der Waals surface area contributed by atoms with Gasteiger partial charge in [-0.1, -0.05) is 0 Å². The van der Waals surface area contributed by atoms with Crippen molar-refractivity contribution < 1.29 is 9.21 Å². The molecular formula is C19H30N4O2. The molecule has 6 nitrogen and oxygen atoms in total. The second-order valence-electron chi connectivity index (χ2n) is 8.09. The predicted octanol–water partition coefficient (Wildman–Crippen LogP) is 1.86. The first kappa shape index (κ1) is 17.0. The van der Waals surface area contributed by atoms with Gasteiger partial charge in [0.15, 0.2) is 0 Å². The summed E-state index contributed by atoms with van der Waals surface area (Å²) in [7, 11) is 0. The number of fused-ring (bicyclic) bond motifs is 2. The number of carbonyl (C=O) groups is 1. The molecule has 6 heteroatoms. The lowest BCUT2D eigenvalue weighted by molar-refractivity contribution is -0.134. The number of aromatic nitrogens is 1. The minimum atomic E-state index is 0.355. The first-order valence-corrected chi connectivity index (χ1v) is 9.76. The molecule has 1 amide bonds. The van der Waals surface area contributed by atoms with Crippen molar-refractivity contribution in [1.82, 2.24) is 20.1 Å². The van der Waals surface area contributed by atoms with Crippen molar-refractivity contribution in [1.29, 1.82) is 0 Å². The third-order valence-electron chi connectivity index (χ3n) is 6.19. The smallest absolute Gasteiger partial charge is 0.222 e. The predicted molar refractivity (Wildman–Crippen MR) is 95.1 cm³/mol. The van der Waals surface area contributed by atoms with E-state index in [1.165, 1.54) is 25.7 Å². The van der Waals surface area contributed by atoms with Gasteiger partial charge in [0.05, 0.1) is 12.2 Å². The number of hydrogen-bond acceptors (Lipinski definition) is 5. The van der Waals surface area contributed by atoms with Gasteiger partial charge in [-0.3, -0.25) is 9.69 Å². The molecule has 3 saturated heterocycles. The summed E-state index contributed by atoms with van der Waals surface area (Å²) in [5, 5.41) is 3.66. The number of rotatable bonds is 4. The first-order chi connectivity index (χ1) is 12.1. The third kappa shape index (κ3) is 3.90. The molecule has 4 heterocycles. The summed E-state index contributed by atoms with van der Waals surface area (Å²) < 4.78 is 5.68. The van der Waals surface area contributed by atoms with Crippen molar-refractivity contribution >= 4 is 5.91 Å². The number of amides is 1. The van der Waals surface area contributed by atoms with Crippen LogP contribution in [-0.4, -0.2) is 59.0 Å². The van der Waals surface area contributed by atoms with Crippen LogP contribution in [0.3, 0.4) is 0 Å². The molecule has 2 unspecified atom stereocenters. The lowest BCUT2D eigenvalue weighted by Crippen LogP contribution is -2.49. The van der Waals surface area contributed by atoms with Crippen LogP contribution in [0.25, 0.3) is 0 Å². The number of carbonyl (C=O) groups excluding carboxylic acids is 1. The number of piperidine rings is 1. The van der Waals surface area contributed by atoms with Crippen LogP contribution in [0.2, 0.25) is 0 Å². The Morgan fingerprint density at radius 3 is 2.44 bits per heavy atom. The number of hydrogen-bond donors (Lipinski definition) is 1. The maximum absolute atomic E-state index is 12.7. The molecule has 0 spiro atoms. The van der Waals surface area contributed by atoms with E-state index in [1.807, 2.05) is 13.8 Å². The second-order valence-corrected chi connectivity index (χ2v) is 8.09. The Kier molecular flexibility index (Phi) is 4.82. The van der Waals surface area contributed by atoms with Crippen LogP contribution in [0.15, 0.2) is 4.42 Å². The molecule has 2 atom stereocenters. The van der Waals surface area contributed by atoms with Gasteiger partial charge in [0, 0.05) is 44.7 Å². The second kappa shape index (κ2) is 7.08. The van der Waals surface area contributed by atoms with Crippen molar-refractivity contribution in [3.05, 3.63) is 17.3 Å². The molecule has 4 rings (SSSR count). The van der Waals surface area contributed by atoms with Crippen molar-refractivity contribution in [2.75, 3.05) is 26.2 Å². The highest BCUT2D eigenvalue weighted by Gasteiger charge is 2.35. The van der Waals surface area contributed by atoms with Crippen LogP contribution in [0, 0.1) is 19.8 Å². The molecule has 0 aliphatic carbocycles. The standard InChI is InChI=1S/C19H30N4O2/c1-13-14(2)25-18(20-13)12-22-5-7-23(8-6-22)19(24)11-15-9-16-3-4-17(10-15)21-16/h15-17,21H,3-12H2,1-2H3. The molecule has 2 bridgehead atoms. The summed E-state index contributed by atoms with van der Waals surface area (Å²) >= 11 is 0. The highest BCUT2D eigenvalue weighted by Crippen LogP contribution is 2.33. The monoisotopic (exact) mass is 346 g/mol. The minimum Gasteiger partial charge on any atom is -0.444 e. The molecule has 0 radical (unpaired) electrons. The van der Waals surface area contributed by atoms with E-state index < -0.39 is 0 Å². The van der Waals surface area contributed by atoms with E-state index in [4.69, 9.17) is 4.42 Å². The van der Waals surface area contributed by atoms with Gasteiger partial charge >= 0.3 is 0 Å². The van der Waals surface area contributed by atoms with E-state index in [2.05, 4.69) is 20.1 Å². The average molecular weight is 346 g/mol. The van der Waals surface area contributed by atoms with Crippen LogP contribution < -0.4 is 5.32 Å². The summed E-state index contributed by atoms with van der Waals surface area (Å²) in [4.78, 5) is 21.5. The molecule has 25 heavy (non-hydrogen) atoms. The fourth-order valence-electron chi connectivity index (χ4n) is 4.67. The summed E-state index contributed by atoms with van der Waals surface area (Å²) in [6.45, 7) is 8.15. The van der Waals surface area contributed by atoms with Gasteiger partial charge in [-0.05, 0) is 45.4 Å². The molecule has 3 fully saturated rings. The van der Waals surface area contributed by atoms with Gasteiger partial charge in [0.25, 0.3) is 0 Å². The molecule has 0 aromatic carbocycles. The highest BCUT2D eigenvalue weighted by molar-refractivity contribution is 5.76. The van der Waals surface area contributed by atoms with E-state index in [1.54, 1.807) is 0 Å². The van der Waals surface area contributed by atoms with Crippen LogP contribution in [0.1, 0.15) is 49.4 Å². The molecule has 1 N–H and O–H groups in total. The number of oxazole rings is 1. The highest BCUT2D eigenvalue weighted by atomic mass is 16.4. The molecular weight excluding hydrogens is 316 g/mol. The Morgan fingerprint density at radius 2 is 1.84 bits per heavy atom. The van der Waals surface area contributed by atoms with E-state index in [0.717, 1.165) is 56.5 Å². The van der Waals surface area contributed by atoms with E-state index in [-0.39, 0.29) is 0 Å². The number of nitrogens with one attached hydrogen (secondary N) is 1. The van der Waals surface area contributed by atoms with Gasteiger partial charge in [0.1, 0.15) is 5.76 Å². The molecule has 0 saturated carbocycles. The maximum atomic E-state index is 12.7. The fourth-order valence-corrected chi connectivity index (χ4v) is 4.67. The summed E-state index contributed by atoms with van der Waals surface area (Å²) in [6.07, 6.45) is 5.71. The van der Waals surface area contributed by atoms with Crippen LogP contribution in [0.4, 0.5) is 0 Å². The summed E-state index contributed by atoms with van der Waals surface area (Å²) in [6, 6.07) is 1.34. The topological polar surface area (TPSA) is 61.6 Å². The van der Waals surface area contributed by atoms with Crippen molar-refractivity contribution in [3.63, 3.8) is 0 Å². The zero-order valence-corrected chi connectivity index (χ0v) is 15.5. The number of piperazine rings is 1. The van der Waals surface area contributed by atoms with Gasteiger partial charge in [0.2, 0.25) is 11.8 Å². The van der Waals surface area contributed by atoms with E-state index in [0.29, 0.717) is 23.9 Å². The average Bonchev–Trinajstić information content (AvgIpc) is 3.09. The number of aryl methyl sites for hydroxylation is 2. The van der Waals surface area contributed by atoms with E-state index in [9.17, 15) is 4.79 Å². The Bertz CT molecular complexity index is 589. The minimum absolute atomic E-state index is 0.355. The van der Waals surface area contributed by atoms with Gasteiger partial charge in [-0.2, -0.15) is 0 Å². The summed E-state index contributed by atoms with van der Waals surface area (Å²) in [5.41, 5.74) is 0.972. The Balaban J connectivity index is 1.23. The Labute approximate surface area is 149 Å². The van der Waals surface area contributed by atoms with Crippen molar-refractivity contribution in [2.45, 2.75) is 64.6 Å².